The third-order valence-electron chi connectivity index (χ3n) is 1.85. The molecule has 0 aromatic rings. The second-order valence-corrected chi connectivity index (χ2v) is 3.47. The maximum atomic E-state index is 11.5. The number of carbonyl (C=O) groups is 2. The van der Waals surface area contributed by atoms with Gasteiger partial charge in [0.1, 0.15) is 5.82 Å². The van der Waals surface area contributed by atoms with Crippen LogP contribution in [0.15, 0.2) is 11.4 Å². The number of ether oxygens (including phenoxy) is 2. The van der Waals surface area contributed by atoms with Crippen molar-refractivity contribution in [2.45, 2.75) is 0 Å². The van der Waals surface area contributed by atoms with E-state index in [-0.39, 0.29) is 5.57 Å². The van der Waals surface area contributed by atoms with E-state index in [2.05, 4.69) is 9.47 Å². The maximum Gasteiger partial charge on any atom is 0.349 e. The van der Waals surface area contributed by atoms with Gasteiger partial charge in [-0.05, 0) is 0 Å². The number of carbonyl (C=O) groups excluding carboxylic acids is 2. The van der Waals surface area contributed by atoms with Gasteiger partial charge in [0, 0.05) is 28.2 Å². The monoisotopic (exact) mass is 230 g/mol. The largest absolute Gasteiger partial charge is 0.465 e. The fourth-order valence-corrected chi connectivity index (χ4v) is 1.32. The number of rotatable bonds is 4. The van der Waals surface area contributed by atoms with Gasteiger partial charge >= 0.3 is 11.9 Å². The summed E-state index contributed by atoms with van der Waals surface area (Å²) in [5.41, 5.74) is -0.125. The van der Waals surface area contributed by atoms with Crippen molar-refractivity contribution in [2.75, 3.05) is 42.4 Å². The molecule has 0 aliphatic rings. The van der Waals surface area contributed by atoms with Gasteiger partial charge in [0.05, 0.1) is 14.2 Å². The van der Waals surface area contributed by atoms with E-state index in [1.807, 2.05) is 0 Å². The number of hydrogen-bond acceptors (Lipinski definition) is 6. The normalized spacial score (nSPS) is 9.12. The number of hydrogen-bond donors (Lipinski definition) is 0. The molecule has 0 unspecified atom stereocenters. The first kappa shape index (κ1) is 14.3. The molecule has 0 saturated heterocycles. The lowest BCUT2D eigenvalue weighted by Crippen LogP contribution is -2.32. The predicted octanol–water partition coefficient (Wildman–Crippen LogP) is -0.333. The number of methoxy groups -OCH3 is 2. The standard InChI is InChI=1S/C10H18N2O4/c1-11(2)8(12(3)4)7(9(13)15-5)10(14)16-6/h1-6H3. The molecule has 0 fully saturated rings. The quantitative estimate of drug-likeness (QED) is 0.285. The summed E-state index contributed by atoms with van der Waals surface area (Å²) in [7, 11) is 9.33. The van der Waals surface area contributed by atoms with Gasteiger partial charge in [-0.1, -0.05) is 0 Å². The molecule has 6 heteroatoms. The van der Waals surface area contributed by atoms with Crippen LogP contribution in [0.25, 0.3) is 0 Å². The summed E-state index contributed by atoms with van der Waals surface area (Å²) in [5, 5.41) is 0. The molecule has 0 spiro atoms. The van der Waals surface area contributed by atoms with Crippen LogP contribution < -0.4 is 0 Å². The number of esters is 2. The predicted molar refractivity (Wildman–Crippen MR) is 58.4 cm³/mol. The molecule has 0 heterocycles. The smallest absolute Gasteiger partial charge is 0.349 e. The summed E-state index contributed by atoms with van der Waals surface area (Å²) in [4.78, 5) is 26.3. The molecule has 0 saturated carbocycles. The highest BCUT2D eigenvalue weighted by Gasteiger charge is 2.27. The lowest BCUT2D eigenvalue weighted by molar-refractivity contribution is -0.144. The van der Waals surface area contributed by atoms with Gasteiger partial charge in [0.25, 0.3) is 0 Å². The Morgan fingerprint density at radius 3 is 1.31 bits per heavy atom. The van der Waals surface area contributed by atoms with Crippen molar-refractivity contribution < 1.29 is 19.1 Å². The van der Waals surface area contributed by atoms with Crippen LogP contribution in [0.4, 0.5) is 0 Å². The lowest BCUT2D eigenvalue weighted by atomic mass is 10.2. The summed E-state index contributed by atoms with van der Waals surface area (Å²) in [6, 6.07) is 0. The Morgan fingerprint density at radius 1 is 0.812 bits per heavy atom. The molecule has 0 aliphatic carbocycles. The molecule has 0 N–H and O–H groups in total. The van der Waals surface area contributed by atoms with Crippen LogP contribution in [-0.4, -0.2) is 64.1 Å². The van der Waals surface area contributed by atoms with Gasteiger partial charge in [0.2, 0.25) is 0 Å². The Bertz CT molecular complexity index is 280. The van der Waals surface area contributed by atoms with Crippen LogP contribution in [0.2, 0.25) is 0 Å². The summed E-state index contributed by atoms with van der Waals surface area (Å²) < 4.78 is 9.13. The molecule has 16 heavy (non-hydrogen) atoms. The molecule has 0 aromatic heterocycles. The Balaban J connectivity index is 5.64. The molecule has 0 radical (unpaired) electrons. The molecule has 0 rings (SSSR count). The topological polar surface area (TPSA) is 59.1 Å². The first-order valence-corrected chi connectivity index (χ1v) is 4.62. The zero-order valence-electron chi connectivity index (χ0n) is 10.5. The minimum absolute atomic E-state index is 0.125. The van der Waals surface area contributed by atoms with Crippen molar-refractivity contribution in [2.24, 2.45) is 0 Å². The van der Waals surface area contributed by atoms with Crippen molar-refractivity contribution in [3.63, 3.8) is 0 Å². The van der Waals surface area contributed by atoms with Gasteiger partial charge in [-0.15, -0.1) is 0 Å². The van der Waals surface area contributed by atoms with Crippen LogP contribution >= 0.6 is 0 Å². The van der Waals surface area contributed by atoms with E-state index in [9.17, 15) is 9.59 Å². The highest BCUT2D eigenvalue weighted by Crippen LogP contribution is 2.13. The Morgan fingerprint density at radius 2 is 1.12 bits per heavy atom. The summed E-state index contributed by atoms with van der Waals surface area (Å²) in [5.74, 6) is -1.01. The minimum Gasteiger partial charge on any atom is -0.465 e. The molecule has 0 amide bonds. The molecular weight excluding hydrogens is 212 g/mol. The zero-order chi connectivity index (χ0) is 12.9. The molecular formula is C10H18N2O4. The van der Waals surface area contributed by atoms with Crippen molar-refractivity contribution >= 4 is 11.9 Å². The third-order valence-corrected chi connectivity index (χ3v) is 1.85. The van der Waals surface area contributed by atoms with Crippen LogP contribution in [0.5, 0.6) is 0 Å². The van der Waals surface area contributed by atoms with Crippen molar-refractivity contribution in [1.29, 1.82) is 0 Å². The van der Waals surface area contributed by atoms with E-state index < -0.39 is 11.9 Å². The summed E-state index contributed by atoms with van der Waals surface area (Å²) in [6.45, 7) is 0. The average Bonchev–Trinajstić information content (AvgIpc) is 2.22. The van der Waals surface area contributed by atoms with Gasteiger partial charge in [0.15, 0.2) is 5.57 Å². The van der Waals surface area contributed by atoms with E-state index in [0.29, 0.717) is 5.82 Å². The van der Waals surface area contributed by atoms with Crippen molar-refractivity contribution in [1.82, 2.24) is 9.80 Å². The lowest BCUT2D eigenvalue weighted by Gasteiger charge is -2.26. The van der Waals surface area contributed by atoms with Crippen LogP contribution in [0.1, 0.15) is 0 Å². The fraction of sp³-hybridized carbons (Fsp3) is 0.600. The van der Waals surface area contributed by atoms with Gasteiger partial charge < -0.3 is 19.3 Å². The highest BCUT2D eigenvalue weighted by atomic mass is 16.5. The molecule has 6 nitrogen and oxygen atoms in total. The second kappa shape index (κ2) is 5.99. The number of nitrogens with zero attached hydrogens (tertiary/aromatic N) is 2. The molecule has 0 atom stereocenters. The summed E-state index contributed by atoms with van der Waals surface area (Å²) in [6.07, 6.45) is 0. The molecule has 0 bridgehead atoms. The van der Waals surface area contributed by atoms with Gasteiger partial charge in [-0.25, -0.2) is 9.59 Å². The third kappa shape index (κ3) is 3.15. The molecule has 0 aliphatic heterocycles. The Hall–Kier alpha value is -1.72. The average molecular weight is 230 g/mol. The molecule has 0 aromatic carbocycles. The maximum absolute atomic E-state index is 11.5. The zero-order valence-corrected chi connectivity index (χ0v) is 10.5. The fourth-order valence-electron chi connectivity index (χ4n) is 1.32. The van der Waals surface area contributed by atoms with Crippen LogP contribution in [-0.2, 0) is 19.1 Å². The minimum atomic E-state index is -0.718. The Kier molecular flexibility index (Phi) is 5.35. The Labute approximate surface area is 95.4 Å². The first-order chi connectivity index (χ1) is 7.36. The van der Waals surface area contributed by atoms with E-state index in [1.54, 1.807) is 38.0 Å². The first-order valence-electron chi connectivity index (χ1n) is 4.62. The second-order valence-electron chi connectivity index (χ2n) is 3.47. The van der Waals surface area contributed by atoms with Crippen LogP contribution in [0.3, 0.4) is 0 Å². The van der Waals surface area contributed by atoms with Gasteiger partial charge in [-0.3, -0.25) is 0 Å². The van der Waals surface area contributed by atoms with Crippen molar-refractivity contribution in [3.8, 4) is 0 Å². The van der Waals surface area contributed by atoms with E-state index in [1.165, 1.54) is 14.2 Å². The summed E-state index contributed by atoms with van der Waals surface area (Å²) >= 11 is 0. The van der Waals surface area contributed by atoms with Crippen molar-refractivity contribution in [3.05, 3.63) is 11.4 Å². The van der Waals surface area contributed by atoms with E-state index >= 15 is 0 Å². The molecule has 92 valence electrons. The SMILES string of the molecule is COC(=O)C(C(=O)OC)=C(N(C)C)N(C)C. The van der Waals surface area contributed by atoms with Crippen LogP contribution in [0, 0.1) is 0 Å². The van der Waals surface area contributed by atoms with Gasteiger partial charge in [-0.2, -0.15) is 0 Å². The van der Waals surface area contributed by atoms with E-state index in [0.717, 1.165) is 0 Å². The highest BCUT2D eigenvalue weighted by molar-refractivity contribution is 6.14. The van der Waals surface area contributed by atoms with E-state index in [4.69, 9.17) is 0 Å².